The van der Waals surface area contributed by atoms with E-state index in [1.54, 1.807) is 44.3 Å². The Morgan fingerprint density at radius 3 is 2.37 bits per heavy atom. The van der Waals surface area contributed by atoms with Crippen LogP contribution in [-0.4, -0.2) is 103 Å². The molecule has 1 spiro atoms. The second kappa shape index (κ2) is 13.6. The maximum atomic E-state index is 14.2. The van der Waals surface area contributed by atoms with Crippen molar-refractivity contribution < 1.29 is 28.8 Å². The van der Waals surface area contributed by atoms with Crippen LogP contribution in [0.5, 0.6) is 0 Å². The fraction of sp³-hybridized carbons (Fsp3) is 0.643. The first-order chi connectivity index (χ1) is 20.3. The van der Waals surface area contributed by atoms with E-state index in [0.717, 1.165) is 30.8 Å². The molecular weight excluding hydrogens is 594 g/mol. The Morgan fingerprint density at radius 2 is 1.77 bits per heavy atom. The number of carbonyl (C=O) groups is 6. The Kier molecular flexibility index (Phi) is 10.4. The van der Waals surface area contributed by atoms with E-state index in [-0.39, 0.29) is 18.3 Å². The lowest BCUT2D eigenvalue weighted by Crippen LogP contribution is -2.59. The fourth-order valence-electron chi connectivity index (χ4n) is 4.88. The third-order valence-corrected chi connectivity index (χ3v) is 10.7. The Bertz CT molecular complexity index is 1250. The van der Waals surface area contributed by atoms with E-state index in [1.165, 1.54) is 30.4 Å². The number of hydrogen-bond acceptors (Lipinski definition) is 10. The Morgan fingerprint density at radius 1 is 1.07 bits per heavy atom. The summed E-state index contributed by atoms with van der Waals surface area (Å²) in [5.41, 5.74) is -0.690. The van der Waals surface area contributed by atoms with Crippen LogP contribution in [0.4, 0.5) is 0 Å². The van der Waals surface area contributed by atoms with Crippen LogP contribution < -0.4 is 21.3 Å². The van der Waals surface area contributed by atoms with Gasteiger partial charge in [-0.15, -0.1) is 23.5 Å². The van der Waals surface area contributed by atoms with E-state index >= 15 is 0 Å². The minimum Gasteiger partial charge on any atom is -0.347 e. The van der Waals surface area contributed by atoms with E-state index in [9.17, 15) is 28.8 Å². The molecule has 1 aromatic rings. The van der Waals surface area contributed by atoms with Crippen LogP contribution in [0.2, 0.25) is 0 Å². The first-order valence-corrected chi connectivity index (χ1v) is 16.3. The highest BCUT2D eigenvalue weighted by Crippen LogP contribution is 2.50. The molecule has 0 radical (unpaired) electrons. The normalized spacial score (nSPS) is 20.9. The van der Waals surface area contributed by atoms with Gasteiger partial charge >= 0.3 is 0 Å². The van der Waals surface area contributed by atoms with Crippen LogP contribution in [-0.2, 0) is 24.0 Å². The molecule has 15 heteroatoms. The van der Waals surface area contributed by atoms with E-state index < -0.39 is 69.5 Å². The van der Waals surface area contributed by atoms with Crippen molar-refractivity contribution in [2.75, 3.05) is 24.6 Å². The van der Waals surface area contributed by atoms with Crippen molar-refractivity contribution in [2.24, 2.45) is 5.41 Å². The smallest absolute Gasteiger partial charge is 0.289 e. The Hall–Kier alpha value is -3.20. The second-order valence-electron chi connectivity index (χ2n) is 12.1. The molecule has 43 heavy (non-hydrogen) atoms. The molecule has 2 saturated heterocycles. The zero-order valence-corrected chi connectivity index (χ0v) is 26.4. The molecule has 3 aliphatic rings. The molecule has 234 valence electrons. The molecule has 4 rings (SSSR count). The third-order valence-electron chi connectivity index (χ3n) is 7.41. The van der Waals surface area contributed by atoms with Crippen molar-refractivity contribution in [3.05, 3.63) is 24.3 Å². The number of nitrogens with one attached hydrogen (secondary N) is 4. The molecule has 13 nitrogen and oxygen atoms in total. The SMILES string of the molecule is CC(NC(=O)C1CC2(CN1C(=O)C(NC(=O)CNC(=O)c1cnccn1)C(C)(C)C)SCCCS2)C(=O)C(=O)NC1CC1. The summed E-state index contributed by atoms with van der Waals surface area (Å²) >= 11 is 3.43. The van der Waals surface area contributed by atoms with Gasteiger partial charge in [0.1, 0.15) is 17.8 Å². The highest BCUT2D eigenvalue weighted by atomic mass is 32.2. The summed E-state index contributed by atoms with van der Waals surface area (Å²) in [4.78, 5) is 87.2. The van der Waals surface area contributed by atoms with Gasteiger partial charge in [0.15, 0.2) is 0 Å². The van der Waals surface area contributed by atoms with Gasteiger partial charge in [-0.3, -0.25) is 33.8 Å². The molecule has 3 atom stereocenters. The van der Waals surface area contributed by atoms with Gasteiger partial charge in [0.2, 0.25) is 23.5 Å². The molecule has 1 aliphatic carbocycles. The molecule has 0 aromatic carbocycles. The Labute approximate surface area is 259 Å². The number of rotatable bonds is 10. The maximum absolute atomic E-state index is 14.2. The minimum atomic E-state index is -1.07. The number of carbonyl (C=O) groups excluding carboxylic acids is 6. The predicted octanol–water partition coefficient (Wildman–Crippen LogP) is 0.257. The van der Waals surface area contributed by atoms with Crippen LogP contribution in [0.15, 0.2) is 18.6 Å². The summed E-state index contributed by atoms with van der Waals surface area (Å²) in [6.45, 7) is 6.77. The molecular formula is C28H39N7O6S2. The molecule has 5 amide bonds. The lowest BCUT2D eigenvalue weighted by Gasteiger charge is -2.36. The molecule has 3 fully saturated rings. The Balaban J connectivity index is 1.47. The van der Waals surface area contributed by atoms with Crippen molar-refractivity contribution in [3.8, 4) is 0 Å². The van der Waals surface area contributed by atoms with Gasteiger partial charge in [-0.25, -0.2) is 4.98 Å². The van der Waals surface area contributed by atoms with Gasteiger partial charge in [0, 0.05) is 31.4 Å². The first kappa shape index (κ1) is 32.7. The molecule has 4 N–H and O–H groups in total. The van der Waals surface area contributed by atoms with Crippen LogP contribution in [0.3, 0.4) is 0 Å². The zero-order chi connectivity index (χ0) is 31.4. The standard InChI is InChI=1S/C28H39N7O6S2/c1-16(21(37)25(40)33-17-6-7-17)32-24(39)19-12-28(42-10-5-11-43-28)15-35(19)26(41)22(27(2,3)4)34-20(36)14-31-23(38)18-13-29-8-9-30-18/h8-9,13,16-17,19,22H,5-7,10-12,14-15H2,1-4H3,(H,31,38)(H,32,39)(H,33,40)(H,34,36). The van der Waals surface area contributed by atoms with E-state index in [2.05, 4.69) is 31.2 Å². The molecule has 3 unspecified atom stereocenters. The largest absolute Gasteiger partial charge is 0.347 e. The van der Waals surface area contributed by atoms with Gasteiger partial charge in [-0.05, 0) is 43.1 Å². The lowest BCUT2D eigenvalue weighted by molar-refractivity contribution is -0.144. The summed E-state index contributed by atoms with van der Waals surface area (Å²) in [7, 11) is 0. The van der Waals surface area contributed by atoms with Crippen LogP contribution in [0.25, 0.3) is 0 Å². The number of ketones is 1. The summed E-state index contributed by atoms with van der Waals surface area (Å²) in [6, 6.07) is -2.97. The highest BCUT2D eigenvalue weighted by molar-refractivity contribution is 8.18. The molecule has 1 aromatic heterocycles. The monoisotopic (exact) mass is 633 g/mol. The molecule has 2 aliphatic heterocycles. The number of likely N-dealkylation sites (tertiary alicyclic amines) is 1. The third kappa shape index (κ3) is 8.46. The first-order valence-electron chi connectivity index (χ1n) is 14.4. The van der Waals surface area contributed by atoms with E-state index in [4.69, 9.17) is 0 Å². The van der Waals surface area contributed by atoms with Crippen LogP contribution in [0, 0.1) is 5.41 Å². The average molecular weight is 634 g/mol. The van der Waals surface area contributed by atoms with Gasteiger partial charge in [-0.2, -0.15) is 0 Å². The van der Waals surface area contributed by atoms with Crippen molar-refractivity contribution in [1.82, 2.24) is 36.1 Å². The number of nitrogens with zero attached hydrogens (tertiary/aromatic N) is 3. The quantitative estimate of drug-likeness (QED) is 0.261. The average Bonchev–Trinajstić information content (AvgIpc) is 3.72. The van der Waals surface area contributed by atoms with Crippen molar-refractivity contribution in [3.63, 3.8) is 0 Å². The summed E-state index contributed by atoms with van der Waals surface area (Å²) in [5.74, 6) is -1.80. The molecule has 3 heterocycles. The number of thioether (sulfide) groups is 2. The summed E-state index contributed by atoms with van der Waals surface area (Å²) in [6.07, 6.45) is 7.11. The zero-order valence-electron chi connectivity index (χ0n) is 24.8. The van der Waals surface area contributed by atoms with Crippen molar-refractivity contribution in [1.29, 1.82) is 0 Å². The van der Waals surface area contributed by atoms with Crippen molar-refractivity contribution in [2.45, 2.75) is 81.6 Å². The van der Waals surface area contributed by atoms with Crippen LogP contribution >= 0.6 is 23.5 Å². The highest BCUT2D eigenvalue weighted by Gasteiger charge is 2.52. The topological polar surface area (TPSA) is 180 Å². The van der Waals surface area contributed by atoms with E-state index in [1.807, 2.05) is 0 Å². The van der Waals surface area contributed by atoms with Gasteiger partial charge in [0.05, 0.1) is 22.9 Å². The fourth-order valence-corrected chi connectivity index (χ4v) is 8.23. The van der Waals surface area contributed by atoms with E-state index in [0.29, 0.717) is 6.42 Å². The van der Waals surface area contributed by atoms with Crippen LogP contribution in [0.1, 0.15) is 63.9 Å². The van der Waals surface area contributed by atoms with Crippen molar-refractivity contribution >= 4 is 58.8 Å². The minimum absolute atomic E-state index is 0.00684. The maximum Gasteiger partial charge on any atom is 0.289 e. The number of Topliss-reactive ketones (excluding diaryl/α,β-unsaturated/α-hetero) is 1. The number of amides is 5. The lowest BCUT2D eigenvalue weighted by atomic mass is 9.85. The van der Waals surface area contributed by atoms with Gasteiger partial charge in [0.25, 0.3) is 11.8 Å². The summed E-state index contributed by atoms with van der Waals surface area (Å²) < 4.78 is -0.399. The molecule has 0 bridgehead atoms. The number of hydrogen-bond donors (Lipinski definition) is 4. The number of aromatic nitrogens is 2. The second-order valence-corrected chi connectivity index (χ2v) is 15.3. The van der Waals surface area contributed by atoms with Gasteiger partial charge < -0.3 is 26.2 Å². The molecule has 1 saturated carbocycles. The van der Waals surface area contributed by atoms with Gasteiger partial charge in [-0.1, -0.05) is 20.8 Å². The summed E-state index contributed by atoms with van der Waals surface area (Å²) in [5, 5.41) is 10.5. The predicted molar refractivity (Wildman–Crippen MR) is 162 cm³/mol.